The lowest BCUT2D eigenvalue weighted by atomic mass is 9.85. The van der Waals surface area contributed by atoms with Gasteiger partial charge in [-0.3, -0.25) is 0 Å². The van der Waals surface area contributed by atoms with E-state index in [1.165, 1.54) is 63.9 Å². The Morgan fingerprint density at radius 1 is 0.621 bits per heavy atom. The molecule has 0 saturated heterocycles. The number of halogens is 1. The molecule has 3 heteroatoms. The van der Waals surface area contributed by atoms with E-state index in [1.807, 2.05) is 12.1 Å². The van der Waals surface area contributed by atoms with Crippen molar-refractivity contribution >= 4 is 44.9 Å². The summed E-state index contributed by atoms with van der Waals surface area (Å²) < 4.78 is 0. The first kappa shape index (κ1) is 18.1. The lowest BCUT2D eigenvalue weighted by Gasteiger charge is -2.20. The van der Waals surface area contributed by atoms with Gasteiger partial charge in [0.25, 0.3) is 0 Å². The van der Waals surface area contributed by atoms with Gasteiger partial charge < -0.3 is 0 Å². The molecule has 0 atom stereocenters. The first-order chi connectivity index (χ1) is 13.9. The summed E-state index contributed by atoms with van der Waals surface area (Å²) in [7, 11) is 0. The molecule has 0 amide bonds. The van der Waals surface area contributed by atoms with Gasteiger partial charge in [-0.25, -0.2) is 0 Å². The van der Waals surface area contributed by atoms with E-state index in [4.69, 9.17) is 0 Å². The van der Waals surface area contributed by atoms with Crippen molar-refractivity contribution in [3.05, 3.63) is 83.9 Å². The summed E-state index contributed by atoms with van der Waals surface area (Å²) in [6, 6.07) is 26.1. The Labute approximate surface area is 176 Å². The number of benzene rings is 4. The topological polar surface area (TPSA) is 25.8 Å². The van der Waals surface area contributed by atoms with Crippen LogP contribution >= 0.6 is 12.4 Å². The van der Waals surface area contributed by atoms with Gasteiger partial charge in [0, 0.05) is 10.9 Å². The molecule has 0 N–H and O–H groups in total. The summed E-state index contributed by atoms with van der Waals surface area (Å²) in [5.41, 5.74) is 6.12. The van der Waals surface area contributed by atoms with E-state index in [9.17, 15) is 0 Å². The molecule has 0 aliphatic heterocycles. The molecular formula is C26H21ClN2. The quantitative estimate of drug-likeness (QED) is 0.288. The minimum absolute atomic E-state index is 0. The summed E-state index contributed by atoms with van der Waals surface area (Å²) in [6.07, 6.45) is 4.95. The molecule has 1 aliphatic carbocycles. The molecular weight excluding hydrogens is 376 g/mol. The van der Waals surface area contributed by atoms with E-state index >= 15 is 0 Å². The third-order valence-corrected chi connectivity index (χ3v) is 6.14. The zero-order chi connectivity index (χ0) is 18.5. The van der Waals surface area contributed by atoms with E-state index < -0.39 is 0 Å². The van der Waals surface area contributed by atoms with Gasteiger partial charge in [0.2, 0.25) is 0 Å². The van der Waals surface area contributed by atoms with E-state index in [-0.39, 0.29) is 12.4 Å². The lowest BCUT2D eigenvalue weighted by Crippen LogP contribution is -2.03. The third kappa shape index (κ3) is 2.87. The van der Waals surface area contributed by atoms with E-state index in [1.54, 1.807) is 0 Å². The fraction of sp³-hybridized carbons (Fsp3) is 0.154. The van der Waals surface area contributed by atoms with Crippen molar-refractivity contribution in [2.45, 2.75) is 25.7 Å². The van der Waals surface area contributed by atoms with Crippen LogP contribution in [0.25, 0.3) is 43.7 Å². The molecule has 4 aromatic carbocycles. The van der Waals surface area contributed by atoms with E-state index in [0.29, 0.717) is 0 Å². The zero-order valence-electron chi connectivity index (χ0n) is 16.1. The third-order valence-electron chi connectivity index (χ3n) is 6.14. The highest BCUT2D eigenvalue weighted by molar-refractivity contribution is 6.14. The smallest absolute Gasteiger partial charge is 0.0942 e. The highest BCUT2D eigenvalue weighted by Gasteiger charge is 2.16. The molecule has 0 bridgehead atoms. The van der Waals surface area contributed by atoms with Crippen LogP contribution in [-0.2, 0) is 12.8 Å². The fourth-order valence-corrected chi connectivity index (χ4v) is 4.76. The molecule has 0 radical (unpaired) electrons. The van der Waals surface area contributed by atoms with Crippen LogP contribution in [-0.4, -0.2) is 10.2 Å². The van der Waals surface area contributed by atoms with E-state index in [0.717, 1.165) is 16.6 Å². The molecule has 5 aromatic rings. The van der Waals surface area contributed by atoms with Crippen LogP contribution in [0.2, 0.25) is 0 Å². The average Bonchev–Trinajstić information content (AvgIpc) is 2.78. The summed E-state index contributed by atoms with van der Waals surface area (Å²) >= 11 is 0. The Morgan fingerprint density at radius 2 is 1.38 bits per heavy atom. The number of nitrogens with zero attached hydrogens (tertiary/aromatic N) is 2. The highest BCUT2D eigenvalue weighted by atomic mass is 35.5. The maximum Gasteiger partial charge on any atom is 0.0942 e. The average molecular weight is 397 g/mol. The second-order valence-electron chi connectivity index (χ2n) is 7.76. The zero-order valence-corrected chi connectivity index (χ0v) is 16.9. The predicted octanol–water partition coefficient (Wildman–Crippen LogP) is 6.90. The highest BCUT2D eigenvalue weighted by Crippen LogP contribution is 2.38. The standard InChI is InChI=1S/C26H20N2.ClH/c1-3-9-19-17(7-1)13-14-22-20-10-4-5-11-21(20)24(16-23(19)22)26-15-18-8-2-6-12-25(18)27-28-26;/h2,4-6,8,10-16H,1,3,7,9H2;1H. The van der Waals surface area contributed by atoms with Crippen LogP contribution in [0.15, 0.2) is 72.8 Å². The van der Waals surface area contributed by atoms with E-state index in [2.05, 4.69) is 70.9 Å². The van der Waals surface area contributed by atoms with Crippen LogP contribution in [0.4, 0.5) is 0 Å². The molecule has 1 aliphatic rings. The number of rotatable bonds is 1. The number of hydrogen-bond donors (Lipinski definition) is 0. The molecule has 1 aromatic heterocycles. The predicted molar refractivity (Wildman–Crippen MR) is 124 cm³/mol. The Hall–Kier alpha value is -2.97. The van der Waals surface area contributed by atoms with Crippen molar-refractivity contribution in [2.24, 2.45) is 0 Å². The SMILES string of the molecule is Cl.c1ccc2nnc(-c3cc4c5c(ccc4c4ccccc34)CCCC5)cc2c1. The fourth-order valence-electron chi connectivity index (χ4n) is 4.76. The minimum Gasteiger partial charge on any atom is -0.150 e. The van der Waals surface area contributed by atoms with Crippen molar-refractivity contribution in [3.8, 4) is 11.3 Å². The first-order valence-electron chi connectivity index (χ1n) is 10.1. The van der Waals surface area contributed by atoms with Crippen LogP contribution < -0.4 is 0 Å². The molecule has 0 saturated carbocycles. The van der Waals surface area contributed by atoms with Crippen molar-refractivity contribution in [3.63, 3.8) is 0 Å². The van der Waals surface area contributed by atoms with Crippen molar-refractivity contribution in [1.29, 1.82) is 0 Å². The monoisotopic (exact) mass is 396 g/mol. The number of aromatic nitrogens is 2. The van der Waals surface area contributed by atoms with Crippen molar-refractivity contribution < 1.29 is 0 Å². The first-order valence-corrected chi connectivity index (χ1v) is 10.1. The van der Waals surface area contributed by atoms with Gasteiger partial charge in [0.15, 0.2) is 0 Å². The van der Waals surface area contributed by atoms with Gasteiger partial charge in [-0.2, -0.15) is 0 Å². The van der Waals surface area contributed by atoms with Crippen LogP contribution in [0.3, 0.4) is 0 Å². The number of hydrogen-bond acceptors (Lipinski definition) is 2. The summed E-state index contributed by atoms with van der Waals surface area (Å²) in [6.45, 7) is 0. The summed E-state index contributed by atoms with van der Waals surface area (Å²) in [5.74, 6) is 0. The lowest BCUT2D eigenvalue weighted by molar-refractivity contribution is 0.690. The van der Waals surface area contributed by atoms with Gasteiger partial charge >= 0.3 is 0 Å². The maximum absolute atomic E-state index is 4.60. The molecule has 2 nitrogen and oxygen atoms in total. The molecule has 0 fully saturated rings. The Kier molecular flexibility index (Phi) is 4.44. The van der Waals surface area contributed by atoms with Gasteiger partial charge in [-0.05, 0) is 76.6 Å². The van der Waals surface area contributed by atoms with Crippen LogP contribution in [0.5, 0.6) is 0 Å². The van der Waals surface area contributed by atoms with Gasteiger partial charge in [0.05, 0.1) is 11.2 Å². The molecule has 29 heavy (non-hydrogen) atoms. The van der Waals surface area contributed by atoms with Crippen LogP contribution in [0.1, 0.15) is 24.0 Å². The van der Waals surface area contributed by atoms with Gasteiger partial charge in [-0.1, -0.05) is 54.6 Å². The molecule has 142 valence electrons. The Balaban J connectivity index is 0.00000181. The Morgan fingerprint density at radius 3 is 2.31 bits per heavy atom. The minimum atomic E-state index is 0. The second kappa shape index (κ2) is 7.13. The summed E-state index contributed by atoms with van der Waals surface area (Å²) in [4.78, 5) is 0. The Bertz CT molecular complexity index is 1370. The van der Waals surface area contributed by atoms with Crippen molar-refractivity contribution in [2.75, 3.05) is 0 Å². The van der Waals surface area contributed by atoms with Crippen molar-refractivity contribution in [1.82, 2.24) is 10.2 Å². The van der Waals surface area contributed by atoms with Gasteiger partial charge in [-0.15, -0.1) is 22.6 Å². The second-order valence-corrected chi connectivity index (χ2v) is 7.76. The van der Waals surface area contributed by atoms with Gasteiger partial charge in [0.1, 0.15) is 0 Å². The molecule has 1 heterocycles. The summed E-state index contributed by atoms with van der Waals surface area (Å²) in [5, 5.41) is 15.5. The number of aryl methyl sites for hydroxylation is 2. The van der Waals surface area contributed by atoms with Crippen LogP contribution in [0, 0.1) is 0 Å². The molecule has 6 rings (SSSR count). The normalized spacial score (nSPS) is 13.4. The molecule has 0 spiro atoms. The largest absolute Gasteiger partial charge is 0.150 e. The maximum atomic E-state index is 4.60. The molecule has 0 unspecified atom stereocenters. The number of fused-ring (bicyclic) bond motifs is 6.